The Morgan fingerprint density at radius 2 is 1.67 bits per heavy atom. The second-order valence-corrected chi connectivity index (χ2v) is 6.98. The molecule has 0 atom stereocenters. The maximum atomic E-state index is 11.8. The van der Waals surface area contributed by atoms with Crippen LogP contribution in [-0.2, 0) is 14.9 Å². The molecule has 0 aliphatic carbocycles. The first-order valence-corrected chi connectivity index (χ1v) is 9.27. The van der Waals surface area contributed by atoms with Gasteiger partial charge in [0.1, 0.15) is 0 Å². The number of hydrogen-bond donors (Lipinski definition) is 1. The molecule has 0 fully saturated rings. The van der Waals surface area contributed by atoms with Gasteiger partial charge in [0.15, 0.2) is 0 Å². The Hall–Kier alpha value is -0.880. The van der Waals surface area contributed by atoms with E-state index in [2.05, 4.69) is 6.58 Å². The number of rotatable bonds is 13. The van der Waals surface area contributed by atoms with Crippen LogP contribution < -0.4 is 0 Å². The monoisotopic (exact) mass is 319 g/mol. The van der Waals surface area contributed by atoms with E-state index in [4.69, 9.17) is 4.55 Å². The summed E-state index contributed by atoms with van der Waals surface area (Å²) in [4.78, 5) is 13.3. The molecule has 0 aliphatic heterocycles. The summed E-state index contributed by atoms with van der Waals surface area (Å²) in [5, 5.41) is 0. The van der Waals surface area contributed by atoms with Crippen molar-refractivity contribution in [1.29, 1.82) is 0 Å². The number of carbonyl (C=O) groups excluding carboxylic acids is 1. The first kappa shape index (κ1) is 20.1. The van der Waals surface area contributed by atoms with E-state index < -0.39 is 10.1 Å². The van der Waals surface area contributed by atoms with Crippen molar-refractivity contribution in [2.24, 2.45) is 0 Å². The molecular weight excluding hydrogens is 290 g/mol. The number of carbonyl (C=O) groups is 1. The highest BCUT2D eigenvalue weighted by molar-refractivity contribution is 7.85. The van der Waals surface area contributed by atoms with Crippen LogP contribution in [0.4, 0.5) is 0 Å². The Kier molecular flexibility index (Phi) is 11.3. The van der Waals surface area contributed by atoms with Gasteiger partial charge in [-0.15, -0.1) is 6.58 Å². The zero-order chi connectivity index (χ0) is 16.1. The zero-order valence-corrected chi connectivity index (χ0v) is 13.9. The fourth-order valence-corrected chi connectivity index (χ4v) is 2.57. The van der Waals surface area contributed by atoms with Gasteiger partial charge < -0.3 is 4.90 Å². The number of allylic oxidation sites excluding steroid dienone is 1. The smallest absolute Gasteiger partial charge is 0.264 e. The molecule has 0 radical (unpaired) electrons. The first-order chi connectivity index (χ1) is 9.87. The average molecular weight is 319 g/mol. The van der Waals surface area contributed by atoms with Gasteiger partial charge >= 0.3 is 0 Å². The summed E-state index contributed by atoms with van der Waals surface area (Å²) >= 11 is 0. The van der Waals surface area contributed by atoms with Gasteiger partial charge in [0.2, 0.25) is 5.91 Å². The fourth-order valence-electron chi connectivity index (χ4n) is 2.07. The second-order valence-electron chi connectivity index (χ2n) is 5.40. The molecule has 0 spiro atoms. The average Bonchev–Trinajstić information content (AvgIpc) is 2.40. The molecule has 1 N–H and O–H groups in total. The maximum Gasteiger partial charge on any atom is 0.264 e. The van der Waals surface area contributed by atoms with Gasteiger partial charge in [-0.2, -0.15) is 8.42 Å². The molecule has 0 bridgehead atoms. The molecule has 0 unspecified atom stereocenters. The van der Waals surface area contributed by atoms with Gasteiger partial charge in [0.05, 0.1) is 5.75 Å². The topological polar surface area (TPSA) is 74.7 Å². The van der Waals surface area contributed by atoms with Crippen LogP contribution >= 0.6 is 0 Å². The molecule has 1 amide bonds. The molecule has 0 saturated carbocycles. The summed E-state index contributed by atoms with van der Waals surface area (Å²) in [6, 6.07) is 0. The van der Waals surface area contributed by atoms with Crippen LogP contribution in [-0.4, -0.2) is 43.1 Å². The van der Waals surface area contributed by atoms with Crippen molar-refractivity contribution < 1.29 is 17.8 Å². The Morgan fingerprint density at radius 1 is 1.10 bits per heavy atom. The molecule has 6 heteroatoms. The Balaban J connectivity index is 3.53. The third-order valence-electron chi connectivity index (χ3n) is 3.37. The summed E-state index contributed by atoms with van der Waals surface area (Å²) < 4.78 is 29.7. The highest BCUT2D eigenvalue weighted by Gasteiger charge is 2.10. The van der Waals surface area contributed by atoms with Crippen molar-refractivity contribution in [1.82, 2.24) is 4.90 Å². The van der Waals surface area contributed by atoms with Crippen molar-refractivity contribution in [2.45, 2.75) is 57.8 Å². The summed E-state index contributed by atoms with van der Waals surface area (Å²) in [5.74, 6) is -0.257. The van der Waals surface area contributed by atoms with E-state index in [0.717, 1.165) is 25.7 Å². The van der Waals surface area contributed by atoms with E-state index in [1.807, 2.05) is 6.08 Å². The van der Waals surface area contributed by atoms with Crippen molar-refractivity contribution >= 4 is 16.0 Å². The van der Waals surface area contributed by atoms with Crippen LogP contribution in [0.5, 0.6) is 0 Å². The van der Waals surface area contributed by atoms with E-state index in [1.165, 1.54) is 24.2 Å². The van der Waals surface area contributed by atoms with Gasteiger partial charge in [-0.3, -0.25) is 9.35 Å². The normalized spacial score (nSPS) is 11.3. The van der Waals surface area contributed by atoms with Crippen LogP contribution in [0.15, 0.2) is 12.7 Å². The lowest BCUT2D eigenvalue weighted by Crippen LogP contribution is -2.28. The quantitative estimate of drug-likeness (QED) is 0.322. The molecular formula is C15H29NO4S. The van der Waals surface area contributed by atoms with Crippen molar-refractivity contribution in [3.63, 3.8) is 0 Å². The van der Waals surface area contributed by atoms with E-state index in [-0.39, 0.29) is 18.1 Å². The fraction of sp³-hybridized carbons (Fsp3) is 0.800. The molecule has 124 valence electrons. The van der Waals surface area contributed by atoms with Crippen LogP contribution in [0, 0.1) is 0 Å². The molecule has 21 heavy (non-hydrogen) atoms. The third kappa shape index (κ3) is 13.8. The van der Waals surface area contributed by atoms with Gasteiger partial charge in [0, 0.05) is 20.0 Å². The summed E-state index contributed by atoms with van der Waals surface area (Å²) in [5.41, 5.74) is 0. The predicted octanol–water partition coefficient (Wildman–Crippen LogP) is 3.03. The Morgan fingerprint density at radius 3 is 2.24 bits per heavy atom. The number of amides is 1. The minimum absolute atomic E-state index is 0.0389. The molecule has 5 nitrogen and oxygen atoms in total. The molecule has 0 saturated heterocycles. The van der Waals surface area contributed by atoms with Crippen LogP contribution in [0.1, 0.15) is 57.8 Å². The van der Waals surface area contributed by atoms with E-state index >= 15 is 0 Å². The molecule has 0 aromatic rings. The molecule has 0 aliphatic rings. The standard InChI is InChI=1S/C15H29NO4S/c1-3-4-5-6-7-8-9-10-12-15(17)16(2)13-11-14-21(18,19)20/h3H,1,4-14H2,2H3,(H,18,19,20). The van der Waals surface area contributed by atoms with Crippen LogP contribution in [0.25, 0.3) is 0 Å². The highest BCUT2D eigenvalue weighted by Crippen LogP contribution is 2.09. The highest BCUT2D eigenvalue weighted by atomic mass is 32.2. The Labute approximate surface area is 129 Å². The lowest BCUT2D eigenvalue weighted by atomic mass is 10.1. The third-order valence-corrected chi connectivity index (χ3v) is 4.18. The van der Waals surface area contributed by atoms with Gasteiger partial charge in [-0.25, -0.2) is 0 Å². The van der Waals surface area contributed by atoms with E-state index in [0.29, 0.717) is 13.0 Å². The van der Waals surface area contributed by atoms with Crippen molar-refractivity contribution in [3.8, 4) is 0 Å². The zero-order valence-electron chi connectivity index (χ0n) is 13.1. The Bertz CT molecular complexity index is 392. The summed E-state index contributed by atoms with van der Waals surface area (Å²) in [6.45, 7) is 4.05. The largest absolute Gasteiger partial charge is 0.346 e. The van der Waals surface area contributed by atoms with E-state index in [1.54, 1.807) is 7.05 Å². The number of nitrogens with zero attached hydrogens (tertiary/aromatic N) is 1. The SMILES string of the molecule is C=CCCCCCCCCC(=O)N(C)CCCS(=O)(=O)O. The van der Waals surface area contributed by atoms with Crippen molar-refractivity contribution in [2.75, 3.05) is 19.3 Å². The minimum Gasteiger partial charge on any atom is -0.346 e. The second kappa shape index (κ2) is 11.7. The van der Waals surface area contributed by atoms with E-state index in [9.17, 15) is 13.2 Å². The van der Waals surface area contributed by atoms with Crippen LogP contribution in [0.3, 0.4) is 0 Å². The molecule has 0 aromatic heterocycles. The minimum atomic E-state index is -3.92. The van der Waals surface area contributed by atoms with Crippen molar-refractivity contribution in [3.05, 3.63) is 12.7 Å². The molecule has 0 rings (SSSR count). The lowest BCUT2D eigenvalue weighted by molar-refractivity contribution is -0.130. The molecule has 0 aromatic carbocycles. The lowest BCUT2D eigenvalue weighted by Gasteiger charge is -2.16. The van der Waals surface area contributed by atoms with Gasteiger partial charge in [-0.1, -0.05) is 31.8 Å². The molecule has 0 heterocycles. The number of unbranched alkanes of at least 4 members (excludes halogenated alkanes) is 6. The number of hydrogen-bond acceptors (Lipinski definition) is 3. The van der Waals surface area contributed by atoms with Crippen LogP contribution in [0.2, 0.25) is 0 Å². The summed E-state index contributed by atoms with van der Waals surface area (Å²) in [6.07, 6.45) is 10.5. The summed E-state index contributed by atoms with van der Waals surface area (Å²) in [7, 11) is -2.26. The first-order valence-electron chi connectivity index (χ1n) is 7.67. The maximum absolute atomic E-state index is 11.8. The van der Waals surface area contributed by atoms with Gasteiger partial charge in [0.25, 0.3) is 10.1 Å². The van der Waals surface area contributed by atoms with Gasteiger partial charge in [-0.05, 0) is 25.7 Å². The predicted molar refractivity (Wildman–Crippen MR) is 85.8 cm³/mol.